The lowest BCUT2D eigenvalue weighted by atomic mass is 9.97. The molecule has 0 aliphatic carbocycles. The monoisotopic (exact) mass is 271 g/mol. The quantitative estimate of drug-likeness (QED) is 0.908. The first-order valence-corrected chi connectivity index (χ1v) is 6.67. The number of hydrogen-bond donors (Lipinski definition) is 1. The van der Waals surface area contributed by atoms with Gasteiger partial charge in [-0.1, -0.05) is 29.8 Å². The highest BCUT2D eigenvalue weighted by molar-refractivity contribution is 5.40. The van der Waals surface area contributed by atoms with E-state index in [0.717, 1.165) is 23.5 Å². The molecule has 0 fully saturated rings. The molecule has 0 aliphatic rings. The minimum atomic E-state index is -0.0850. The molecule has 2 aromatic rings. The summed E-state index contributed by atoms with van der Waals surface area (Å²) < 4.78 is 10.6. The molecule has 0 saturated heterocycles. The van der Waals surface area contributed by atoms with Gasteiger partial charge in [0.1, 0.15) is 11.5 Å². The molecule has 2 aromatic carbocycles. The second-order valence-electron chi connectivity index (χ2n) is 4.90. The summed E-state index contributed by atoms with van der Waals surface area (Å²) in [6.07, 6.45) is 0.768. The summed E-state index contributed by atoms with van der Waals surface area (Å²) in [6, 6.07) is 14.0. The summed E-state index contributed by atoms with van der Waals surface area (Å²) >= 11 is 0. The first kappa shape index (κ1) is 14.4. The molecule has 3 heteroatoms. The van der Waals surface area contributed by atoms with Gasteiger partial charge in [0.05, 0.1) is 14.2 Å². The maximum Gasteiger partial charge on any atom is 0.123 e. The van der Waals surface area contributed by atoms with Crippen LogP contribution in [0.4, 0.5) is 0 Å². The number of nitrogens with two attached hydrogens (primary N) is 1. The van der Waals surface area contributed by atoms with Crippen molar-refractivity contribution in [2.75, 3.05) is 14.2 Å². The Bertz CT molecular complexity index is 564. The number of rotatable bonds is 5. The van der Waals surface area contributed by atoms with E-state index in [4.69, 9.17) is 15.2 Å². The van der Waals surface area contributed by atoms with Crippen molar-refractivity contribution < 1.29 is 9.47 Å². The van der Waals surface area contributed by atoms with Gasteiger partial charge in [0.2, 0.25) is 0 Å². The predicted octanol–water partition coefficient (Wildman–Crippen LogP) is 3.25. The van der Waals surface area contributed by atoms with Crippen LogP contribution in [0.25, 0.3) is 0 Å². The van der Waals surface area contributed by atoms with E-state index in [2.05, 4.69) is 13.0 Å². The second kappa shape index (κ2) is 6.44. The fourth-order valence-electron chi connectivity index (χ4n) is 2.27. The largest absolute Gasteiger partial charge is 0.497 e. The molecule has 0 radical (unpaired) electrons. The van der Waals surface area contributed by atoms with Gasteiger partial charge in [0.15, 0.2) is 0 Å². The number of hydrogen-bond acceptors (Lipinski definition) is 3. The highest BCUT2D eigenvalue weighted by Gasteiger charge is 2.13. The van der Waals surface area contributed by atoms with Gasteiger partial charge in [-0.05, 0) is 37.1 Å². The van der Waals surface area contributed by atoms with E-state index >= 15 is 0 Å². The van der Waals surface area contributed by atoms with E-state index < -0.39 is 0 Å². The van der Waals surface area contributed by atoms with E-state index in [1.165, 1.54) is 11.1 Å². The zero-order valence-electron chi connectivity index (χ0n) is 12.2. The molecule has 0 heterocycles. The van der Waals surface area contributed by atoms with Gasteiger partial charge in [-0.15, -0.1) is 0 Å². The van der Waals surface area contributed by atoms with Gasteiger partial charge >= 0.3 is 0 Å². The van der Waals surface area contributed by atoms with Crippen molar-refractivity contribution in [3.8, 4) is 11.5 Å². The molecule has 106 valence electrons. The molecule has 1 atom stereocenters. The standard InChI is InChI=1S/C17H21NO2/c1-12-4-9-17(20-3)15(10-12)16(18)11-13-5-7-14(19-2)8-6-13/h4-10,16H,11,18H2,1-3H3. The molecular weight excluding hydrogens is 250 g/mol. The number of aryl methyl sites for hydroxylation is 1. The van der Waals surface area contributed by atoms with Crippen LogP contribution in [0.5, 0.6) is 11.5 Å². The summed E-state index contributed by atoms with van der Waals surface area (Å²) in [5.74, 6) is 1.70. The SMILES string of the molecule is COc1ccc(CC(N)c2cc(C)ccc2OC)cc1. The third-order valence-electron chi connectivity index (χ3n) is 3.40. The topological polar surface area (TPSA) is 44.5 Å². The van der Waals surface area contributed by atoms with Crippen molar-refractivity contribution in [3.05, 3.63) is 59.2 Å². The first-order chi connectivity index (χ1) is 9.63. The fraction of sp³-hybridized carbons (Fsp3) is 0.294. The molecule has 0 bridgehead atoms. The molecular formula is C17H21NO2. The van der Waals surface area contributed by atoms with Crippen LogP contribution >= 0.6 is 0 Å². The van der Waals surface area contributed by atoms with Gasteiger partial charge in [-0.2, -0.15) is 0 Å². The van der Waals surface area contributed by atoms with E-state index in [1.54, 1.807) is 14.2 Å². The van der Waals surface area contributed by atoms with Crippen molar-refractivity contribution in [1.29, 1.82) is 0 Å². The van der Waals surface area contributed by atoms with E-state index in [-0.39, 0.29) is 6.04 Å². The molecule has 3 nitrogen and oxygen atoms in total. The molecule has 2 rings (SSSR count). The Kier molecular flexibility index (Phi) is 4.64. The zero-order chi connectivity index (χ0) is 14.5. The Labute approximate surface area is 120 Å². The molecule has 0 aliphatic heterocycles. The van der Waals surface area contributed by atoms with Crippen molar-refractivity contribution in [2.45, 2.75) is 19.4 Å². The second-order valence-corrected chi connectivity index (χ2v) is 4.90. The Morgan fingerprint density at radius 3 is 2.30 bits per heavy atom. The summed E-state index contributed by atoms with van der Waals surface area (Å²) in [5, 5.41) is 0. The van der Waals surface area contributed by atoms with E-state index in [0.29, 0.717) is 0 Å². The van der Waals surface area contributed by atoms with Gasteiger partial charge in [0, 0.05) is 11.6 Å². The molecule has 20 heavy (non-hydrogen) atoms. The Morgan fingerprint density at radius 1 is 1.00 bits per heavy atom. The van der Waals surface area contributed by atoms with Crippen molar-refractivity contribution in [3.63, 3.8) is 0 Å². The van der Waals surface area contributed by atoms with Crippen molar-refractivity contribution in [2.24, 2.45) is 5.73 Å². The Balaban J connectivity index is 2.18. The molecule has 0 spiro atoms. The van der Waals surface area contributed by atoms with Crippen LogP contribution < -0.4 is 15.2 Å². The highest BCUT2D eigenvalue weighted by atomic mass is 16.5. The maximum atomic E-state index is 6.33. The van der Waals surface area contributed by atoms with Gasteiger partial charge < -0.3 is 15.2 Å². The maximum absolute atomic E-state index is 6.33. The van der Waals surface area contributed by atoms with Crippen LogP contribution in [0.1, 0.15) is 22.7 Å². The smallest absolute Gasteiger partial charge is 0.123 e. The van der Waals surface area contributed by atoms with Gasteiger partial charge in [-0.3, -0.25) is 0 Å². The summed E-state index contributed by atoms with van der Waals surface area (Å²) in [5.41, 5.74) is 9.74. The third kappa shape index (κ3) is 3.31. The number of ether oxygens (including phenoxy) is 2. The van der Waals surface area contributed by atoms with Crippen LogP contribution in [-0.2, 0) is 6.42 Å². The summed E-state index contributed by atoms with van der Waals surface area (Å²) in [4.78, 5) is 0. The number of methoxy groups -OCH3 is 2. The highest BCUT2D eigenvalue weighted by Crippen LogP contribution is 2.27. The minimum Gasteiger partial charge on any atom is -0.497 e. The zero-order valence-corrected chi connectivity index (χ0v) is 12.2. The summed E-state index contributed by atoms with van der Waals surface area (Å²) in [7, 11) is 3.34. The average Bonchev–Trinajstić information content (AvgIpc) is 2.48. The van der Waals surface area contributed by atoms with Crippen LogP contribution in [0.2, 0.25) is 0 Å². The van der Waals surface area contributed by atoms with Crippen LogP contribution in [0, 0.1) is 6.92 Å². The van der Waals surface area contributed by atoms with Gasteiger partial charge in [-0.25, -0.2) is 0 Å². The normalized spacial score (nSPS) is 12.0. The van der Waals surface area contributed by atoms with Crippen LogP contribution in [0.15, 0.2) is 42.5 Å². The summed E-state index contributed by atoms with van der Waals surface area (Å²) in [6.45, 7) is 2.06. The first-order valence-electron chi connectivity index (χ1n) is 6.67. The number of benzene rings is 2. The molecule has 2 N–H and O–H groups in total. The Hall–Kier alpha value is -2.00. The molecule has 0 saturated carbocycles. The molecule has 0 amide bonds. The van der Waals surface area contributed by atoms with Gasteiger partial charge in [0.25, 0.3) is 0 Å². The molecule has 0 aromatic heterocycles. The van der Waals surface area contributed by atoms with Crippen molar-refractivity contribution in [1.82, 2.24) is 0 Å². The lowest BCUT2D eigenvalue weighted by Gasteiger charge is -2.16. The fourth-order valence-corrected chi connectivity index (χ4v) is 2.27. The lowest BCUT2D eigenvalue weighted by molar-refractivity contribution is 0.405. The minimum absolute atomic E-state index is 0.0850. The molecule has 1 unspecified atom stereocenters. The third-order valence-corrected chi connectivity index (χ3v) is 3.40. The van der Waals surface area contributed by atoms with E-state index in [9.17, 15) is 0 Å². The predicted molar refractivity (Wildman–Crippen MR) is 81.4 cm³/mol. The van der Waals surface area contributed by atoms with E-state index in [1.807, 2.05) is 36.4 Å². The Morgan fingerprint density at radius 2 is 1.70 bits per heavy atom. The van der Waals surface area contributed by atoms with Crippen LogP contribution in [0.3, 0.4) is 0 Å². The average molecular weight is 271 g/mol. The van der Waals surface area contributed by atoms with Crippen LogP contribution in [-0.4, -0.2) is 14.2 Å². The van der Waals surface area contributed by atoms with Crippen molar-refractivity contribution >= 4 is 0 Å². The lowest BCUT2D eigenvalue weighted by Crippen LogP contribution is -2.14.